The summed E-state index contributed by atoms with van der Waals surface area (Å²) in [5, 5.41) is 6.41. The molecule has 0 radical (unpaired) electrons. The number of hydrogen-bond donors (Lipinski definition) is 2. The van der Waals surface area contributed by atoms with Gasteiger partial charge in [0, 0.05) is 9.35 Å². The standard InChI is InChI=1S/C20H24BrN3O2S/c1-12(2)17(23-18(25)13-8-6-7-9-14(13)21)19(26)24-20-22-15-10-4-3-5-11-16(15)27-20/h6-9,12,17H,3-5,10-11H2,1-2H3,(H,23,25)(H,22,24,26). The van der Waals surface area contributed by atoms with Crippen LogP contribution < -0.4 is 10.6 Å². The second-order valence-corrected chi connectivity index (χ2v) is 9.05. The van der Waals surface area contributed by atoms with Crippen molar-refractivity contribution in [2.45, 2.75) is 52.0 Å². The van der Waals surface area contributed by atoms with E-state index in [1.807, 2.05) is 26.0 Å². The molecule has 7 heteroatoms. The zero-order chi connectivity index (χ0) is 19.4. The van der Waals surface area contributed by atoms with Crippen molar-refractivity contribution < 1.29 is 9.59 Å². The Morgan fingerprint density at radius 3 is 2.63 bits per heavy atom. The molecule has 1 aliphatic rings. The van der Waals surface area contributed by atoms with Gasteiger partial charge in [0.2, 0.25) is 5.91 Å². The summed E-state index contributed by atoms with van der Waals surface area (Å²) in [6, 6.07) is 6.55. The molecule has 1 atom stereocenters. The number of fused-ring (bicyclic) bond motifs is 1. The third-order valence-corrected chi connectivity index (χ3v) is 6.44. The number of aryl methyl sites for hydroxylation is 2. The average molecular weight is 450 g/mol. The van der Waals surface area contributed by atoms with E-state index in [0.29, 0.717) is 15.2 Å². The molecule has 0 bridgehead atoms. The second-order valence-electron chi connectivity index (χ2n) is 7.11. The van der Waals surface area contributed by atoms with Crippen LogP contribution in [0.25, 0.3) is 0 Å². The van der Waals surface area contributed by atoms with Gasteiger partial charge < -0.3 is 10.6 Å². The van der Waals surface area contributed by atoms with Gasteiger partial charge in [0.25, 0.3) is 5.91 Å². The van der Waals surface area contributed by atoms with Gasteiger partial charge in [-0.05, 0) is 59.7 Å². The highest BCUT2D eigenvalue weighted by atomic mass is 79.9. The molecule has 1 aromatic carbocycles. The van der Waals surface area contributed by atoms with Crippen LogP contribution in [0.1, 0.15) is 54.0 Å². The van der Waals surface area contributed by atoms with Gasteiger partial charge >= 0.3 is 0 Å². The van der Waals surface area contributed by atoms with Gasteiger partial charge in [-0.25, -0.2) is 4.98 Å². The Bertz CT molecular complexity index is 811. The predicted molar refractivity (Wildman–Crippen MR) is 112 cm³/mol. The number of nitrogens with one attached hydrogen (secondary N) is 2. The van der Waals surface area contributed by atoms with Crippen molar-refractivity contribution in [3.05, 3.63) is 44.9 Å². The fourth-order valence-corrected chi connectivity index (χ4v) is 4.68. The number of aromatic nitrogens is 1. The second kappa shape index (κ2) is 8.97. The van der Waals surface area contributed by atoms with Crippen LogP contribution >= 0.6 is 27.3 Å². The lowest BCUT2D eigenvalue weighted by atomic mass is 10.0. The van der Waals surface area contributed by atoms with E-state index in [1.54, 1.807) is 23.5 Å². The summed E-state index contributed by atoms with van der Waals surface area (Å²) in [6.07, 6.45) is 5.59. The molecule has 1 heterocycles. The van der Waals surface area contributed by atoms with Crippen molar-refractivity contribution in [2.75, 3.05) is 5.32 Å². The quantitative estimate of drug-likeness (QED) is 0.656. The minimum Gasteiger partial charge on any atom is -0.340 e. The number of nitrogens with zero attached hydrogens (tertiary/aromatic N) is 1. The van der Waals surface area contributed by atoms with Gasteiger partial charge in [-0.2, -0.15) is 0 Å². The van der Waals surface area contributed by atoms with Crippen molar-refractivity contribution in [3.8, 4) is 0 Å². The normalized spacial score (nSPS) is 15.0. The van der Waals surface area contributed by atoms with Crippen LogP contribution in [-0.4, -0.2) is 22.8 Å². The molecule has 0 saturated heterocycles. The Morgan fingerprint density at radius 2 is 1.89 bits per heavy atom. The lowest BCUT2D eigenvalue weighted by Gasteiger charge is -2.21. The SMILES string of the molecule is CC(C)C(NC(=O)c1ccccc1Br)C(=O)Nc1nc2c(s1)CCCCC2. The molecule has 1 unspecified atom stereocenters. The number of benzene rings is 1. The van der Waals surface area contributed by atoms with Crippen molar-refractivity contribution >= 4 is 44.2 Å². The summed E-state index contributed by atoms with van der Waals surface area (Å²) in [6.45, 7) is 3.84. The van der Waals surface area contributed by atoms with E-state index in [2.05, 4.69) is 31.5 Å². The molecule has 1 aromatic heterocycles. The van der Waals surface area contributed by atoms with Crippen molar-refractivity contribution in [3.63, 3.8) is 0 Å². The number of halogens is 1. The smallest absolute Gasteiger partial charge is 0.253 e. The summed E-state index contributed by atoms with van der Waals surface area (Å²) < 4.78 is 0.703. The molecule has 27 heavy (non-hydrogen) atoms. The van der Waals surface area contributed by atoms with E-state index in [4.69, 9.17) is 0 Å². The van der Waals surface area contributed by atoms with Crippen LogP contribution in [-0.2, 0) is 17.6 Å². The van der Waals surface area contributed by atoms with Gasteiger partial charge in [0.05, 0.1) is 11.3 Å². The topological polar surface area (TPSA) is 71.1 Å². The maximum atomic E-state index is 12.8. The Labute approximate surface area is 172 Å². The van der Waals surface area contributed by atoms with Crippen LogP contribution in [0.4, 0.5) is 5.13 Å². The van der Waals surface area contributed by atoms with E-state index < -0.39 is 6.04 Å². The monoisotopic (exact) mass is 449 g/mol. The summed E-state index contributed by atoms with van der Waals surface area (Å²) >= 11 is 4.94. The van der Waals surface area contributed by atoms with E-state index in [0.717, 1.165) is 25.0 Å². The van der Waals surface area contributed by atoms with Crippen LogP contribution in [0.3, 0.4) is 0 Å². The van der Waals surface area contributed by atoms with Crippen molar-refractivity contribution in [1.82, 2.24) is 10.3 Å². The fraction of sp³-hybridized carbons (Fsp3) is 0.450. The molecule has 3 rings (SSSR count). The van der Waals surface area contributed by atoms with Crippen LogP contribution in [0, 0.1) is 5.92 Å². The van der Waals surface area contributed by atoms with Gasteiger partial charge in [0.1, 0.15) is 6.04 Å². The molecule has 5 nitrogen and oxygen atoms in total. The lowest BCUT2D eigenvalue weighted by Crippen LogP contribution is -2.47. The first-order valence-electron chi connectivity index (χ1n) is 9.30. The zero-order valence-corrected chi connectivity index (χ0v) is 18.0. The van der Waals surface area contributed by atoms with E-state index in [9.17, 15) is 9.59 Å². The molecule has 0 fully saturated rings. The third-order valence-electron chi connectivity index (χ3n) is 4.68. The van der Waals surface area contributed by atoms with Gasteiger partial charge in [-0.15, -0.1) is 11.3 Å². The Balaban J connectivity index is 1.70. The number of amides is 2. The summed E-state index contributed by atoms with van der Waals surface area (Å²) in [5.41, 5.74) is 1.63. The third kappa shape index (κ3) is 4.96. The van der Waals surface area contributed by atoms with E-state index in [-0.39, 0.29) is 17.7 Å². The molecule has 0 aliphatic heterocycles. The Hall–Kier alpha value is -1.73. The predicted octanol–water partition coefficient (Wildman–Crippen LogP) is 4.57. The van der Waals surface area contributed by atoms with Crippen molar-refractivity contribution in [1.29, 1.82) is 0 Å². The van der Waals surface area contributed by atoms with Crippen LogP contribution in [0.15, 0.2) is 28.7 Å². The summed E-state index contributed by atoms with van der Waals surface area (Å²) in [5.74, 6) is -0.546. The largest absolute Gasteiger partial charge is 0.340 e. The average Bonchev–Trinajstić information content (AvgIpc) is 2.87. The maximum absolute atomic E-state index is 12.8. The minimum absolute atomic E-state index is 0.0470. The Morgan fingerprint density at radius 1 is 1.15 bits per heavy atom. The number of hydrogen-bond acceptors (Lipinski definition) is 4. The molecule has 144 valence electrons. The number of anilines is 1. The highest BCUT2D eigenvalue weighted by Gasteiger charge is 2.26. The lowest BCUT2D eigenvalue weighted by molar-refractivity contribution is -0.118. The molecule has 2 amide bonds. The zero-order valence-electron chi connectivity index (χ0n) is 15.5. The first-order valence-corrected chi connectivity index (χ1v) is 10.9. The molecular formula is C20H24BrN3O2S. The van der Waals surface area contributed by atoms with E-state index in [1.165, 1.54) is 17.7 Å². The maximum Gasteiger partial charge on any atom is 0.253 e. The van der Waals surface area contributed by atoms with E-state index >= 15 is 0 Å². The first kappa shape index (κ1) is 20.0. The number of carbonyl (C=O) groups is 2. The van der Waals surface area contributed by atoms with Crippen molar-refractivity contribution in [2.24, 2.45) is 5.92 Å². The minimum atomic E-state index is -0.631. The summed E-state index contributed by atoms with van der Waals surface area (Å²) in [7, 11) is 0. The molecular weight excluding hydrogens is 426 g/mol. The molecule has 0 spiro atoms. The number of carbonyl (C=O) groups excluding carboxylic acids is 2. The van der Waals surface area contributed by atoms with Gasteiger partial charge in [-0.3, -0.25) is 9.59 Å². The number of rotatable bonds is 5. The molecule has 1 aliphatic carbocycles. The highest BCUT2D eigenvalue weighted by Crippen LogP contribution is 2.29. The van der Waals surface area contributed by atoms with Gasteiger partial charge in [-0.1, -0.05) is 32.4 Å². The highest BCUT2D eigenvalue weighted by molar-refractivity contribution is 9.10. The first-order chi connectivity index (χ1) is 13.0. The molecule has 2 aromatic rings. The summed E-state index contributed by atoms with van der Waals surface area (Å²) in [4.78, 5) is 31.3. The number of thiazole rings is 1. The molecule has 2 N–H and O–H groups in total. The van der Waals surface area contributed by atoms with Crippen LogP contribution in [0.2, 0.25) is 0 Å². The van der Waals surface area contributed by atoms with Crippen LogP contribution in [0.5, 0.6) is 0 Å². The van der Waals surface area contributed by atoms with Gasteiger partial charge in [0.15, 0.2) is 5.13 Å². The molecule has 0 saturated carbocycles. The Kier molecular flexibility index (Phi) is 6.65. The fourth-order valence-electron chi connectivity index (χ4n) is 3.16.